The van der Waals surface area contributed by atoms with Crippen LogP contribution in [0.15, 0.2) is 60.8 Å². The van der Waals surface area contributed by atoms with E-state index in [4.69, 9.17) is 16.3 Å². The van der Waals surface area contributed by atoms with Crippen molar-refractivity contribution in [3.05, 3.63) is 82.6 Å². The molecule has 1 aromatic heterocycles. The number of methoxy groups -OCH3 is 1. The fraction of sp³-hybridized carbons (Fsp3) is 0.167. The van der Waals surface area contributed by atoms with Crippen LogP contribution in [0.2, 0.25) is 5.02 Å². The van der Waals surface area contributed by atoms with Crippen LogP contribution >= 0.6 is 11.6 Å². The minimum atomic E-state index is -0.347. The molecule has 3 aromatic rings. The first-order chi connectivity index (χ1) is 15.5. The number of nitrogens with one attached hydrogen (secondary N) is 1. The molecule has 0 aliphatic carbocycles. The van der Waals surface area contributed by atoms with Crippen LogP contribution in [0.4, 0.5) is 11.4 Å². The van der Waals surface area contributed by atoms with Crippen molar-refractivity contribution in [1.82, 2.24) is 4.98 Å². The molecule has 0 bridgehead atoms. The van der Waals surface area contributed by atoms with Crippen molar-refractivity contribution in [2.75, 3.05) is 23.9 Å². The monoisotopic (exact) mass is 449 g/mol. The molecule has 0 atom stereocenters. The van der Waals surface area contributed by atoms with E-state index in [1.807, 2.05) is 0 Å². The fourth-order valence-electron chi connectivity index (χ4n) is 3.59. The number of ketones is 1. The molecule has 0 fully saturated rings. The largest absolute Gasteiger partial charge is 0.496 e. The molecule has 0 radical (unpaired) electrons. The minimum absolute atomic E-state index is 0.0415. The summed E-state index contributed by atoms with van der Waals surface area (Å²) in [6.07, 6.45) is 2.31. The summed E-state index contributed by atoms with van der Waals surface area (Å²) in [5, 5.41) is 3.19. The number of carbonyl (C=O) groups excluding carboxylic acids is 3. The molecule has 2 aromatic carbocycles. The van der Waals surface area contributed by atoms with Gasteiger partial charge in [0.15, 0.2) is 5.78 Å². The first-order valence-electron chi connectivity index (χ1n) is 10.0. The molecule has 162 valence electrons. The third kappa shape index (κ3) is 4.33. The van der Waals surface area contributed by atoms with Gasteiger partial charge in [0, 0.05) is 23.6 Å². The van der Waals surface area contributed by atoms with E-state index < -0.39 is 0 Å². The number of Topliss-reactive ketones (excluding diaryl/α,β-unsaturated/α-hetero) is 1. The number of rotatable bonds is 4. The molecule has 32 heavy (non-hydrogen) atoms. The lowest BCUT2D eigenvalue weighted by Gasteiger charge is -2.22. The molecule has 1 N–H and O–H groups in total. The van der Waals surface area contributed by atoms with Gasteiger partial charge < -0.3 is 15.0 Å². The van der Waals surface area contributed by atoms with Crippen molar-refractivity contribution >= 4 is 40.6 Å². The molecule has 0 unspecified atom stereocenters. The predicted molar refractivity (Wildman–Crippen MR) is 122 cm³/mol. The van der Waals surface area contributed by atoms with Crippen LogP contribution < -0.4 is 15.0 Å². The van der Waals surface area contributed by atoms with Crippen molar-refractivity contribution in [2.45, 2.75) is 12.8 Å². The molecule has 2 heterocycles. The van der Waals surface area contributed by atoms with Gasteiger partial charge in [0.2, 0.25) is 0 Å². The predicted octanol–water partition coefficient (Wildman–Crippen LogP) is 4.62. The van der Waals surface area contributed by atoms with Crippen LogP contribution in [0.3, 0.4) is 0 Å². The second kappa shape index (κ2) is 9.20. The highest BCUT2D eigenvalue weighted by Crippen LogP contribution is 2.30. The summed E-state index contributed by atoms with van der Waals surface area (Å²) in [5.41, 5.74) is 1.99. The van der Waals surface area contributed by atoms with Gasteiger partial charge in [-0.15, -0.1) is 0 Å². The van der Waals surface area contributed by atoms with Crippen LogP contribution in [-0.2, 0) is 0 Å². The van der Waals surface area contributed by atoms with Crippen molar-refractivity contribution in [3.63, 3.8) is 0 Å². The van der Waals surface area contributed by atoms with Gasteiger partial charge in [-0.2, -0.15) is 0 Å². The maximum atomic E-state index is 13.2. The van der Waals surface area contributed by atoms with E-state index in [1.165, 1.54) is 13.3 Å². The molecule has 0 saturated heterocycles. The highest BCUT2D eigenvalue weighted by Gasteiger charge is 2.27. The number of pyridine rings is 1. The normalized spacial score (nSPS) is 13.2. The molecule has 0 spiro atoms. The number of amides is 2. The van der Waals surface area contributed by atoms with Gasteiger partial charge in [-0.25, -0.2) is 4.98 Å². The Morgan fingerprint density at radius 2 is 1.94 bits per heavy atom. The Labute approximate surface area is 190 Å². The topological polar surface area (TPSA) is 88.6 Å². The summed E-state index contributed by atoms with van der Waals surface area (Å²) in [6, 6.07) is 15.0. The molecule has 4 rings (SSSR count). The molecule has 1 aliphatic rings. The zero-order valence-corrected chi connectivity index (χ0v) is 18.1. The average molecular weight is 450 g/mol. The zero-order valence-electron chi connectivity index (χ0n) is 17.3. The van der Waals surface area contributed by atoms with Gasteiger partial charge in [0.1, 0.15) is 11.4 Å². The number of anilines is 2. The van der Waals surface area contributed by atoms with Gasteiger partial charge in [-0.1, -0.05) is 23.7 Å². The van der Waals surface area contributed by atoms with E-state index in [-0.39, 0.29) is 23.3 Å². The Bertz CT molecular complexity index is 1190. The number of aromatic nitrogens is 1. The average Bonchev–Trinajstić information content (AvgIpc) is 2.97. The lowest BCUT2D eigenvalue weighted by molar-refractivity contribution is 0.0971. The highest BCUT2D eigenvalue weighted by molar-refractivity contribution is 6.31. The number of para-hydroxylation sites is 1. The second-order valence-electron chi connectivity index (χ2n) is 7.23. The van der Waals surface area contributed by atoms with Gasteiger partial charge >= 0.3 is 0 Å². The third-order valence-electron chi connectivity index (χ3n) is 5.17. The summed E-state index contributed by atoms with van der Waals surface area (Å²) in [4.78, 5) is 43.9. The summed E-state index contributed by atoms with van der Waals surface area (Å²) in [6.45, 7) is 0.396. The van der Waals surface area contributed by atoms with Gasteiger partial charge in [0.05, 0.1) is 30.2 Å². The Hall–Kier alpha value is -3.71. The van der Waals surface area contributed by atoms with E-state index in [0.29, 0.717) is 52.7 Å². The van der Waals surface area contributed by atoms with Gasteiger partial charge in [-0.05, 0) is 48.9 Å². The van der Waals surface area contributed by atoms with E-state index in [0.717, 1.165) is 0 Å². The molecule has 0 saturated carbocycles. The quantitative estimate of drug-likeness (QED) is 0.627. The van der Waals surface area contributed by atoms with Crippen molar-refractivity contribution in [3.8, 4) is 5.75 Å². The lowest BCUT2D eigenvalue weighted by Crippen LogP contribution is -2.32. The minimum Gasteiger partial charge on any atom is -0.496 e. The molecule has 8 heteroatoms. The number of ether oxygens (including phenoxy) is 1. The first kappa shape index (κ1) is 21.5. The molecular formula is C24H20ClN3O4. The van der Waals surface area contributed by atoms with Crippen LogP contribution in [0.1, 0.15) is 44.0 Å². The SMILES string of the molecule is COc1ccccc1C(=O)Nc1ccc(C(=O)N2CCCC(=O)c3cc(Cl)ccc32)nc1. The number of nitrogens with zero attached hydrogens (tertiary/aromatic N) is 2. The zero-order chi connectivity index (χ0) is 22.7. The number of halogens is 1. The standard InChI is InChI=1S/C24H20ClN3O4/c1-32-22-7-3-2-5-17(22)23(30)27-16-9-10-19(26-14-16)24(31)28-12-4-6-21(29)18-13-15(25)8-11-20(18)28/h2-3,5,7-11,13-14H,4,6,12H2,1H3,(H,27,30). The van der Waals surface area contributed by atoms with Crippen LogP contribution in [-0.4, -0.2) is 36.2 Å². The van der Waals surface area contributed by atoms with E-state index in [1.54, 1.807) is 59.5 Å². The number of benzene rings is 2. The maximum Gasteiger partial charge on any atom is 0.276 e. The van der Waals surface area contributed by atoms with E-state index in [9.17, 15) is 14.4 Å². The summed E-state index contributed by atoms with van der Waals surface area (Å²) < 4.78 is 5.22. The van der Waals surface area contributed by atoms with Crippen LogP contribution in [0.5, 0.6) is 5.75 Å². The van der Waals surface area contributed by atoms with Crippen LogP contribution in [0, 0.1) is 0 Å². The fourth-order valence-corrected chi connectivity index (χ4v) is 3.77. The van der Waals surface area contributed by atoms with Gasteiger partial charge in [0.25, 0.3) is 11.8 Å². The first-order valence-corrected chi connectivity index (χ1v) is 10.4. The molecule has 2 amide bonds. The molecule has 1 aliphatic heterocycles. The second-order valence-corrected chi connectivity index (χ2v) is 7.67. The number of hydrogen-bond acceptors (Lipinski definition) is 5. The van der Waals surface area contributed by atoms with Crippen molar-refractivity contribution in [1.29, 1.82) is 0 Å². The Morgan fingerprint density at radius 1 is 1.12 bits per heavy atom. The smallest absolute Gasteiger partial charge is 0.276 e. The maximum absolute atomic E-state index is 13.2. The number of hydrogen-bond donors (Lipinski definition) is 1. The Balaban J connectivity index is 1.54. The summed E-state index contributed by atoms with van der Waals surface area (Å²) in [7, 11) is 1.50. The third-order valence-corrected chi connectivity index (χ3v) is 5.41. The molecular weight excluding hydrogens is 430 g/mol. The lowest BCUT2D eigenvalue weighted by atomic mass is 10.1. The molecule has 7 nitrogen and oxygen atoms in total. The highest BCUT2D eigenvalue weighted by atomic mass is 35.5. The van der Waals surface area contributed by atoms with Crippen LogP contribution in [0.25, 0.3) is 0 Å². The summed E-state index contributed by atoms with van der Waals surface area (Å²) >= 11 is 6.05. The summed E-state index contributed by atoms with van der Waals surface area (Å²) in [5.74, 6) is -0.259. The van der Waals surface area contributed by atoms with Crippen molar-refractivity contribution in [2.24, 2.45) is 0 Å². The van der Waals surface area contributed by atoms with E-state index in [2.05, 4.69) is 10.3 Å². The number of carbonyl (C=O) groups is 3. The Kier molecular flexibility index (Phi) is 6.18. The van der Waals surface area contributed by atoms with E-state index >= 15 is 0 Å². The number of fused-ring (bicyclic) bond motifs is 1. The van der Waals surface area contributed by atoms with Gasteiger partial charge in [-0.3, -0.25) is 14.4 Å². The van der Waals surface area contributed by atoms with Crippen molar-refractivity contribution < 1.29 is 19.1 Å². The Morgan fingerprint density at radius 3 is 2.69 bits per heavy atom.